The van der Waals surface area contributed by atoms with Crippen LogP contribution in [0.2, 0.25) is 5.02 Å². The highest BCUT2D eigenvalue weighted by molar-refractivity contribution is 6.33. The van der Waals surface area contributed by atoms with E-state index >= 15 is 0 Å². The van der Waals surface area contributed by atoms with Gasteiger partial charge in [0.2, 0.25) is 0 Å². The SMILES string of the molecule is CCO.CN1CCC[C@H](O)[C@@H]1c1c(O)cc(O)c2c(=O)cc(-c3ccccc3Cl)oc12.Cl. The fraction of sp³-hybridized carbons (Fsp3) is 0.348. The monoisotopic (exact) mass is 483 g/mol. The Bertz CT molecular complexity index is 1120. The third kappa shape index (κ3) is 5.03. The van der Waals surface area contributed by atoms with E-state index in [1.807, 2.05) is 11.9 Å². The molecule has 1 aliphatic heterocycles. The third-order valence-corrected chi connectivity index (χ3v) is 5.61. The normalized spacial score (nSPS) is 18.5. The van der Waals surface area contributed by atoms with E-state index in [4.69, 9.17) is 21.1 Å². The first-order chi connectivity index (χ1) is 14.8. The van der Waals surface area contributed by atoms with Crippen LogP contribution in [0.3, 0.4) is 0 Å². The molecule has 0 unspecified atom stereocenters. The fourth-order valence-corrected chi connectivity index (χ4v) is 4.18. The minimum atomic E-state index is -0.744. The molecule has 1 fully saturated rings. The molecular weight excluding hydrogens is 457 g/mol. The maximum atomic E-state index is 12.8. The Morgan fingerprint density at radius 3 is 2.47 bits per heavy atom. The average Bonchev–Trinajstić information content (AvgIpc) is 2.70. The smallest absolute Gasteiger partial charge is 0.197 e. The van der Waals surface area contributed by atoms with Crippen LogP contribution in [-0.4, -0.2) is 51.6 Å². The van der Waals surface area contributed by atoms with Gasteiger partial charge in [-0.3, -0.25) is 9.69 Å². The van der Waals surface area contributed by atoms with Crippen molar-refractivity contribution in [3.63, 3.8) is 0 Å². The Hall–Kier alpha value is -2.29. The molecule has 9 heteroatoms. The first kappa shape index (κ1) is 26.0. The van der Waals surface area contributed by atoms with Crippen molar-refractivity contribution in [2.24, 2.45) is 0 Å². The zero-order chi connectivity index (χ0) is 22.7. The van der Waals surface area contributed by atoms with Gasteiger partial charge >= 0.3 is 0 Å². The predicted molar refractivity (Wildman–Crippen MR) is 127 cm³/mol. The van der Waals surface area contributed by atoms with Gasteiger partial charge in [-0.1, -0.05) is 23.7 Å². The van der Waals surface area contributed by atoms with Crippen LogP contribution in [0.5, 0.6) is 11.5 Å². The zero-order valence-corrected chi connectivity index (χ0v) is 19.4. The number of nitrogens with zero attached hydrogens (tertiary/aromatic N) is 1. The topological polar surface area (TPSA) is 114 Å². The molecule has 1 aliphatic rings. The van der Waals surface area contributed by atoms with Gasteiger partial charge in [0, 0.05) is 24.3 Å². The first-order valence-corrected chi connectivity index (χ1v) is 10.4. The standard InChI is InChI=1S/C21H20ClNO5.C2H6O.ClH/c1-23-8-4-7-13(24)20(23)19-15(26)9-14(25)18-16(27)10-17(28-21(18)19)11-5-2-3-6-12(11)22;1-2-3;/h2-3,5-6,9-10,13,20,24-26H,4,7-8H2,1H3;3H,2H2,1H3;1H/t13-,20+;;/m0../s1. The Morgan fingerprint density at radius 1 is 1.19 bits per heavy atom. The molecule has 2 aromatic carbocycles. The van der Waals surface area contributed by atoms with Gasteiger partial charge in [-0.25, -0.2) is 0 Å². The van der Waals surface area contributed by atoms with Gasteiger partial charge in [-0.15, -0.1) is 12.4 Å². The molecule has 7 nitrogen and oxygen atoms in total. The van der Waals surface area contributed by atoms with Crippen LogP contribution in [0.25, 0.3) is 22.3 Å². The number of phenolic OH excluding ortho intramolecular Hbond substituents is 2. The van der Waals surface area contributed by atoms with Crippen LogP contribution in [0.4, 0.5) is 0 Å². The van der Waals surface area contributed by atoms with Crippen molar-refractivity contribution in [1.29, 1.82) is 0 Å². The summed E-state index contributed by atoms with van der Waals surface area (Å²) in [5.74, 6) is -0.381. The lowest BCUT2D eigenvalue weighted by Crippen LogP contribution is -2.39. The van der Waals surface area contributed by atoms with E-state index in [1.165, 1.54) is 6.07 Å². The number of halogens is 2. The number of benzene rings is 2. The maximum absolute atomic E-state index is 12.8. The lowest BCUT2D eigenvalue weighted by Gasteiger charge is -2.37. The molecule has 0 aliphatic carbocycles. The minimum Gasteiger partial charge on any atom is -0.507 e. The molecule has 1 saturated heterocycles. The second kappa shape index (κ2) is 11.0. The molecule has 0 amide bonds. The van der Waals surface area contributed by atoms with Crippen LogP contribution < -0.4 is 5.43 Å². The predicted octanol–water partition coefficient (Wildman–Crippen LogP) is 4.07. The summed E-state index contributed by atoms with van der Waals surface area (Å²) in [6, 6.07) is 8.76. The maximum Gasteiger partial charge on any atom is 0.197 e. The zero-order valence-electron chi connectivity index (χ0n) is 17.8. The van der Waals surface area contributed by atoms with Crippen LogP contribution in [0.15, 0.2) is 45.6 Å². The van der Waals surface area contributed by atoms with E-state index in [0.717, 1.165) is 19.0 Å². The molecule has 32 heavy (non-hydrogen) atoms. The van der Waals surface area contributed by atoms with E-state index in [-0.39, 0.29) is 52.8 Å². The van der Waals surface area contributed by atoms with E-state index < -0.39 is 17.6 Å². The summed E-state index contributed by atoms with van der Waals surface area (Å²) in [4.78, 5) is 14.7. The molecule has 0 spiro atoms. The van der Waals surface area contributed by atoms with Crippen LogP contribution in [0, 0.1) is 0 Å². The number of aliphatic hydroxyl groups is 2. The van der Waals surface area contributed by atoms with Gasteiger partial charge in [-0.2, -0.15) is 0 Å². The number of piperidine rings is 1. The summed E-state index contributed by atoms with van der Waals surface area (Å²) in [6.07, 6.45) is 0.636. The second-order valence-corrected chi connectivity index (χ2v) is 7.85. The second-order valence-electron chi connectivity index (χ2n) is 7.44. The molecule has 0 bridgehead atoms. The van der Waals surface area contributed by atoms with E-state index in [2.05, 4.69) is 0 Å². The molecule has 1 aromatic heterocycles. The van der Waals surface area contributed by atoms with Crippen molar-refractivity contribution < 1.29 is 24.8 Å². The number of phenols is 2. The summed E-state index contributed by atoms with van der Waals surface area (Å²) in [7, 11) is 1.83. The summed E-state index contributed by atoms with van der Waals surface area (Å²) < 4.78 is 6.01. The van der Waals surface area contributed by atoms with Crippen molar-refractivity contribution >= 4 is 35.0 Å². The highest BCUT2D eigenvalue weighted by atomic mass is 35.5. The van der Waals surface area contributed by atoms with Gasteiger partial charge in [0.05, 0.1) is 22.7 Å². The number of rotatable bonds is 2. The van der Waals surface area contributed by atoms with Crippen LogP contribution in [0.1, 0.15) is 31.4 Å². The quantitative estimate of drug-likeness (QED) is 0.434. The average molecular weight is 484 g/mol. The summed E-state index contributed by atoms with van der Waals surface area (Å²) in [6.45, 7) is 2.65. The fourth-order valence-electron chi connectivity index (χ4n) is 3.95. The largest absolute Gasteiger partial charge is 0.507 e. The molecular formula is C23H27Cl2NO6. The Labute approximate surface area is 196 Å². The van der Waals surface area contributed by atoms with Gasteiger partial charge < -0.3 is 24.8 Å². The molecule has 0 radical (unpaired) electrons. The number of likely N-dealkylation sites (N-methyl/N-ethyl adjacent to an activating group) is 1. The van der Waals surface area contributed by atoms with Gasteiger partial charge in [-0.05, 0) is 45.5 Å². The van der Waals surface area contributed by atoms with E-state index in [1.54, 1.807) is 31.2 Å². The number of aromatic hydroxyl groups is 2. The minimum absolute atomic E-state index is 0. The summed E-state index contributed by atoms with van der Waals surface area (Å²) in [5.41, 5.74) is 0.406. The Balaban J connectivity index is 0.000000860. The van der Waals surface area contributed by atoms with Crippen LogP contribution >= 0.6 is 24.0 Å². The lowest BCUT2D eigenvalue weighted by molar-refractivity contribution is 0.0233. The number of aliphatic hydroxyl groups excluding tert-OH is 2. The molecule has 4 rings (SSSR count). The van der Waals surface area contributed by atoms with Gasteiger partial charge in [0.1, 0.15) is 22.6 Å². The first-order valence-electron chi connectivity index (χ1n) is 10.1. The van der Waals surface area contributed by atoms with E-state index in [9.17, 15) is 20.1 Å². The number of hydrogen-bond acceptors (Lipinski definition) is 7. The number of hydrogen-bond donors (Lipinski definition) is 4. The lowest BCUT2D eigenvalue weighted by atomic mass is 9.90. The number of fused-ring (bicyclic) bond motifs is 1. The van der Waals surface area contributed by atoms with Crippen LogP contribution in [-0.2, 0) is 0 Å². The molecule has 2 heterocycles. The third-order valence-electron chi connectivity index (χ3n) is 5.28. The van der Waals surface area contributed by atoms with E-state index in [0.29, 0.717) is 17.0 Å². The van der Waals surface area contributed by atoms with Crippen molar-refractivity contribution in [3.8, 4) is 22.8 Å². The summed E-state index contributed by atoms with van der Waals surface area (Å²) in [5, 5.41) is 39.4. The van der Waals surface area contributed by atoms with Crippen molar-refractivity contribution in [2.45, 2.75) is 31.9 Å². The molecule has 174 valence electrons. The summed E-state index contributed by atoms with van der Waals surface area (Å²) >= 11 is 6.25. The molecule has 3 aromatic rings. The Morgan fingerprint density at radius 2 is 1.84 bits per heavy atom. The van der Waals surface area contributed by atoms with Crippen molar-refractivity contribution in [3.05, 3.63) is 57.2 Å². The molecule has 4 N–H and O–H groups in total. The van der Waals surface area contributed by atoms with Crippen molar-refractivity contribution in [1.82, 2.24) is 4.90 Å². The highest BCUT2D eigenvalue weighted by Gasteiger charge is 2.34. The number of likely N-dealkylation sites (tertiary alicyclic amines) is 1. The Kier molecular flexibility index (Phi) is 8.95. The molecule has 0 saturated carbocycles. The molecule has 2 atom stereocenters. The van der Waals surface area contributed by atoms with Crippen molar-refractivity contribution in [2.75, 3.05) is 20.2 Å². The van der Waals surface area contributed by atoms with Gasteiger partial charge in [0.15, 0.2) is 11.0 Å². The van der Waals surface area contributed by atoms with Gasteiger partial charge in [0.25, 0.3) is 0 Å². The highest BCUT2D eigenvalue weighted by Crippen LogP contribution is 2.43.